The van der Waals surface area contributed by atoms with Gasteiger partial charge in [-0.25, -0.2) is 0 Å². The normalized spacial score (nSPS) is 28.3. The van der Waals surface area contributed by atoms with Gasteiger partial charge in [-0.1, -0.05) is 32.0 Å². The van der Waals surface area contributed by atoms with Crippen molar-refractivity contribution in [2.24, 2.45) is 11.8 Å². The standard InChI is InChI=1S/C17H27N/c1-12-8-13(2)10-16(9-12)18-11-17-14(3)6-5-7-15(17)4/h5-7,12-13,16,18H,8-11H2,1-4H3. The van der Waals surface area contributed by atoms with Crippen molar-refractivity contribution in [3.05, 3.63) is 34.9 Å². The molecule has 2 rings (SSSR count). The molecule has 0 radical (unpaired) electrons. The van der Waals surface area contributed by atoms with E-state index in [1.807, 2.05) is 0 Å². The van der Waals surface area contributed by atoms with Crippen LogP contribution in [0.15, 0.2) is 18.2 Å². The summed E-state index contributed by atoms with van der Waals surface area (Å²) in [7, 11) is 0. The van der Waals surface area contributed by atoms with Gasteiger partial charge in [0.15, 0.2) is 0 Å². The van der Waals surface area contributed by atoms with Crippen LogP contribution in [0, 0.1) is 25.7 Å². The average molecular weight is 245 g/mol. The monoisotopic (exact) mass is 245 g/mol. The second-order valence-electron chi connectivity index (χ2n) is 6.37. The minimum Gasteiger partial charge on any atom is -0.310 e. The first-order valence-electron chi connectivity index (χ1n) is 7.34. The molecule has 0 heterocycles. The second-order valence-corrected chi connectivity index (χ2v) is 6.37. The quantitative estimate of drug-likeness (QED) is 0.841. The summed E-state index contributed by atoms with van der Waals surface area (Å²) in [5, 5.41) is 3.78. The van der Waals surface area contributed by atoms with Gasteiger partial charge in [0, 0.05) is 12.6 Å². The van der Waals surface area contributed by atoms with Crippen LogP contribution in [0.25, 0.3) is 0 Å². The molecule has 18 heavy (non-hydrogen) atoms. The van der Waals surface area contributed by atoms with E-state index in [0.29, 0.717) is 6.04 Å². The molecular formula is C17H27N. The Morgan fingerprint density at radius 3 is 2.11 bits per heavy atom. The lowest BCUT2D eigenvalue weighted by Crippen LogP contribution is -2.36. The molecule has 2 atom stereocenters. The molecule has 0 bridgehead atoms. The van der Waals surface area contributed by atoms with Crippen molar-refractivity contribution < 1.29 is 0 Å². The molecule has 100 valence electrons. The smallest absolute Gasteiger partial charge is 0.0213 e. The Morgan fingerprint density at radius 1 is 1.00 bits per heavy atom. The topological polar surface area (TPSA) is 12.0 Å². The summed E-state index contributed by atoms with van der Waals surface area (Å²) >= 11 is 0. The molecule has 1 N–H and O–H groups in total. The van der Waals surface area contributed by atoms with Crippen LogP contribution in [-0.4, -0.2) is 6.04 Å². The zero-order valence-corrected chi connectivity index (χ0v) is 12.3. The van der Waals surface area contributed by atoms with Crippen LogP contribution in [0.3, 0.4) is 0 Å². The van der Waals surface area contributed by atoms with E-state index in [-0.39, 0.29) is 0 Å². The predicted molar refractivity (Wildman–Crippen MR) is 78.7 cm³/mol. The molecule has 1 aliphatic carbocycles. The van der Waals surface area contributed by atoms with Crippen LogP contribution in [0.1, 0.15) is 49.8 Å². The van der Waals surface area contributed by atoms with Crippen LogP contribution in [0.2, 0.25) is 0 Å². The summed E-state index contributed by atoms with van der Waals surface area (Å²) in [6, 6.07) is 7.30. The van der Waals surface area contributed by atoms with Gasteiger partial charge in [-0.3, -0.25) is 0 Å². The van der Waals surface area contributed by atoms with E-state index in [4.69, 9.17) is 0 Å². The Hall–Kier alpha value is -0.820. The van der Waals surface area contributed by atoms with Gasteiger partial charge in [-0.05, 0) is 61.6 Å². The fourth-order valence-electron chi connectivity index (χ4n) is 3.49. The molecule has 0 amide bonds. The Morgan fingerprint density at radius 2 is 1.56 bits per heavy atom. The van der Waals surface area contributed by atoms with Crippen molar-refractivity contribution in [1.82, 2.24) is 5.32 Å². The van der Waals surface area contributed by atoms with E-state index >= 15 is 0 Å². The lowest BCUT2D eigenvalue weighted by Gasteiger charge is -2.32. The molecule has 1 nitrogen and oxygen atoms in total. The molecule has 1 saturated carbocycles. The molecule has 1 aromatic rings. The SMILES string of the molecule is Cc1cccc(C)c1CNC1CC(C)CC(C)C1. The zero-order chi connectivity index (χ0) is 13.1. The van der Waals surface area contributed by atoms with Gasteiger partial charge in [-0.2, -0.15) is 0 Å². The first kappa shape index (κ1) is 13.6. The summed E-state index contributed by atoms with van der Waals surface area (Å²) in [5.41, 5.74) is 4.32. The van der Waals surface area contributed by atoms with Crippen molar-refractivity contribution in [2.75, 3.05) is 0 Å². The van der Waals surface area contributed by atoms with Gasteiger partial charge in [0.1, 0.15) is 0 Å². The highest BCUT2D eigenvalue weighted by Crippen LogP contribution is 2.28. The lowest BCUT2D eigenvalue weighted by molar-refractivity contribution is 0.238. The number of rotatable bonds is 3. The fraction of sp³-hybridized carbons (Fsp3) is 0.647. The van der Waals surface area contributed by atoms with Crippen LogP contribution in [0.4, 0.5) is 0 Å². The molecular weight excluding hydrogens is 218 g/mol. The lowest BCUT2D eigenvalue weighted by atomic mass is 9.80. The number of benzene rings is 1. The zero-order valence-electron chi connectivity index (χ0n) is 12.3. The molecule has 0 spiro atoms. The van der Waals surface area contributed by atoms with Gasteiger partial charge in [-0.15, -0.1) is 0 Å². The highest BCUT2D eigenvalue weighted by Gasteiger charge is 2.23. The van der Waals surface area contributed by atoms with Crippen molar-refractivity contribution in [3.8, 4) is 0 Å². The van der Waals surface area contributed by atoms with E-state index in [1.54, 1.807) is 0 Å². The maximum Gasteiger partial charge on any atom is 0.0213 e. The first-order valence-corrected chi connectivity index (χ1v) is 7.34. The molecule has 1 aliphatic rings. The fourth-order valence-corrected chi connectivity index (χ4v) is 3.49. The van der Waals surface area contributed by atoms with E-state index in [2.05, 4.69) is 51.2 Å². The molecule has 1 aromatic carbocycles. The van der Waals surface area contributed by atoms with Crippen LogP contribution in [-0.2, 0) is 6.54 Å². The highest BCUT2D eigenvalue weighted by molar-refractivity contribution is 5.33. The van der Waals surface area contributed by atoms with Crippen LogP contribution < -0.4 is 5.32 Å². The van der Waals surface area contributed by atoms with Crippen molar-refractivity contribution in [3.63, 3.8) is 0 Å². The van der Waals surface area contributed by atoms with E-state index in [0.717, 1.165) is 18.4 Å². The molecule has 0 aliphatic heterocycles. The van der Waals surface area contributed by atoms with E-state index < -0.39 is 0 Å². The highest BCUT2D eigenvalue weighted by atomic mass is 14.9. The maximum atomic E-state index is 3.78. The third-order valence-corrected chi connectivity index (χ3v) is 4.39. The average Bonchev–Trinajstić information content (AvgIpc) is 2.27. The summed E-state index contributed by atoms with van der Waals surface area (Å²) in [4.78, 5) is 0. The predicted octanol–water partition coefficient (Wildman–Crippen LogP) is 4.22. The summed E-state index contributed by atoms with van der Waals surface area (Å²) in [5.74, 6) is 1.76. The molecule has 2 unspecified atom stereocenters. The Kier molecular flexibility index (Phi) is 4.45. The number of hydrogen-bond donors (Lipinski definition) is 1. The molecule has 1 heteroatoms. The van der Waals surface area contributed by atoms with Crippen LogP contribution >= 0.6 is 0 Å². The van der Waals surface area contributed by atoms with Crippen molar-refractivity contribution in [1.29, 1.82) is 0 Å². The number of nitrogens with one attached hydrogen (secondary N) is 1. The Labute approximate surface area is 112 Å². The maximum absolute atomic E-state index is 3.78. The molecule has 0 aromatic heterocycles. The minimum atomic E-state index is 0.711. The third kappa shape index (κ3) is 3.35. The molecule has 1 fully saturated rings. The minimum absolute atomic E-state index is 0.711. The van der Waals surface area contributed by atoms with Crippen LogP contribution in [0.5, 0.6) is 0 Å². The number of aryl methyl sites for hydroxylation is 2. The van der Waals surface area contributed by atoms with Crippen molar-refractivity contribution in [2.45, 2.75) is 59.5 Å². The Bertz CT molecular complexity index is 366. The van der Waals surface area contributed by atoms with Gasteiger partial charge in [0.2, 0.25) is 0 Å². The van der Waals surface area contributed by atoms with Gasteiger partial charge >= 0.3 is 0 Å². The number of hydrogen-bond acceptors (Lipinski definition) is 1. The molecule has 0 saturated heterocycles. The van der Waals surface area contributed by atoms with E-state index in [9.17, 15) is 0 Å². The van der Waals surface area contributed by atoms with Gasteiger partial charge < -0.3 is 5.32 Å². The third-order valence-electron chi connectivity index (χ3n) is 4.39. The first-order chi connectivity index (χ1) is 8.56. The summed E-state index contributed by atoms with van der Waals surface area (Å²) in [6.45, 7) is 10.3. The summed E-state index contributed by atoms with van der Waals surface area (Å²) in [6.07, 6.45) is 4.09. The second kappa shape index (κ2) is 5.88. The largest absolute Gasteiger partial charge is 0.310 e. The van der Waals surface area contributed by atoms with Gasteiger partial charge in [0.05, 0.1) is 0 Å². The van der Waals surface area contributed by atoms with Crippen molar-refractivity contribution >= 4 is 0 Å². The Balaban J connectivity index is 1.95. The van der Waals surface area contributed by atoms with Gasteiger partial charge in [0.25, 0.3) is 0 Å². The van der Waals surface area contributed by atoms with E-state index in [1.165, 1.54) is 36.0 Å². The summed E-state index contributed by atoms with van der Waals surface area (Å²) < 4.78 is 0.